The van der Waals surface area contributed by atoms with Gasteiger partial charge in [0.1, 0.15) is 0 Å². The van der Waals surface area contributed by atoms with E-state index in [2.05, 4.69) is 6.07 Å². The van der Waals surface area contributed by atoms with Gasteiger partial charge in [-0.15, -0.1) is 0 Å². The number of carbonyl (C=O) groups excluding carboxylic acids is 1. The predicted molar refractivity (Wildman–Crippen MR) is 54.1 cm³/mol. The average molecular weight is 198 g/mol. The fourth-order valence-electron chi connectivity index (χ4n) is 1.13. The molecule has 0 aliphatic carbocycles. The first-order chi connectivity index (χ1) is 6.51. The molecule has 0 aromatic carbocycles. The molecule has 4 N–H and O–H groups in total. The Kier molecular flexibility index (Phi) is 5.84. The van der Waals surface area contributed by atoms with E-state index in [1.807, 2.05) is 18.7 Å². The molecule has 2 unspecified atom stereocenters. The van der Waals surface area contributed by atoms with Crippen LogP contribution in [0.3, 0.4) is 0 Å². The minimum Gasteiger partial charge on any atom is -0.368 e. The van der Waals surface area contributed by atoms with Crippen LogP contribution < -0.4 is 11.5 Å². The summed E-state index contributed by atoms with van der Waals surface area (Å²) in [5.74, 6) is -0.567. The molecule has 0 fully saturated rings. The number of hydrogen-bond acceptors (Lipinski definition) is 4. The summed E-state index contributed by atoms with van der Waals surface area (Å²) in [7, 11) is 0. The molecular weight excluding hydrogens is 180 g/mol. The van der Waals surface area contributed by atoms with Gasteiger partial charge in [0.2, 0.25) is 5.91 Å². The van der Waals surface area contributed by atoms with Crippen LogP contribution in [0.2, 0.25) is 0 Å². The Morgan fingerprint density at radius 1 is 1.57 bits per heavy atom. The molecule has 0 saturated carbocycles. The van der Waals surface area contributed by atoms with Crippen LogP contribution in [0.5, 0.6) is 0 Å². The van der Waals surface area contributed by atoms with Crippen molar-refractivity contribution in [1.82, 2.24) is 4.90 Å². The molecule has 5 heteroatoms. The molecule has 0 aromatic rings. The first-order valence-corrected chi connectivity index (χ1v) is 4.68. The van der Waals surface area contributed by atoms with E-state index in [0.717, 1.165) is 6.54 Å². The molecule has 0 spiro atoms. The maximum Gasteiger partial charge on any atom is 0.235 e. The SMILES string of the molecule is CCN(CC(C)C#N)CC(N)C(N)=O. The molecule has 0 rings (SSSR count). The van der Waals surface area contributed by atoms with Crippen LogP contribution in [0.25, 0.3) is 0 Å². The van der Waals surface area contributed by atoms with Gasteiger partial charge in [-0.25, -0.2) is 0 Å². The number of amides is 1. The van der Waals surface area contributed by atoms with Crippen molar-refractivity contribution in [2.75, 3.05) is 19.6 Å². The molecule has 0 radical (unpaired) electrons. The second-order valence-corrected chi connectivity index (χ2v) is 3.39. The van der Waals surface area contributed by atoms with Crippen molar-refractivity contribution in [2.45, 2.75) is 19.9 Å². The maximum absolute atomic E-state index is 10.7. The van der Waals surface area contributed by atoms with E-state index in [9.17, 15) is 4.79 Å². The quantitative estimate of drug-likeness (QED) is 0.588. The summed E-state index contributed by atoms with van der Waals surface area (Å²) in [6.07, 6.45) is 0. The fraction of sp³-hybridized carbons (Fsp3) is 0.778. The molecule has 2 atom stereocenters. The monoisotopic (exact) mass is 198 g/mol. The van der Waals surface area contributed by atoms with E-state index in [0.29, 0.717) is 13.1 Å². The molecular formula is C9H18N4O. The van der Waals surface area contributed by atoms with Gasteiger partial charge < -0.3 is 16.4 Å². The third-order valence-electron chi connectivity index (χ3n) is 2.02. The van der Waals surface area contributed by atoms with E-state index in [1.54, 1.807) is 0 Å². The third-order valence-corrected chi connectivity index (χ3v) is 2.02. The zero-order valence-corrected chi connectivity index (χ0v) is 8.73. The highest BCUT2D eigenvalue weighted by Gasteiger charge is 2.15. The van der Waals surface area contributed by atoms with Crippen molar-refractivity contribution < 1.29 is 4.79 Å². The van der Waals surface area contributed by atoms with E-state index >= 15 is 0 Å². The summed E-state index contributed by atoms with van der Waals surface area (Å²) in [4.78, 5) is 12.7. The number of nitrogens with zero attached hydrogens (tertiary/aromatic N) is 2. The Labute approximate surface area is 84.7 Å². The smallest absolute Gasteiger partial charge is 0.235 e. The van der Waals surface area contributed by atoms with Crippen molar-refractivity contribution in [3.8, 4) is 6.07 Å². The maximum atomic E-state index is 10.7. The van der Waals surface area contributed by atoms with Gasteiger partial charge in [0.15, 0.2) is 0 Å². The standard InChI is InChI=1S/C9H18N4O/c1-3-13(5-7(2)4-10)6-8(11)9(12)14/h7-8H,3,5-6,11H2,1-2H3,(H2,12,14). The molecule has 0 aliphatic rings. The first-order valence-electron chi connectivity index (χ1n) is 4.68. The lowest BCUT2D eigenvalue weighted by Crippen LogP contribution is -2.46. The Morgan fingerprint density at radius 2 is 2.14 bits per heavy atom. The van der Waals surface area contributed by atoms with Gasteiger partial charge in [-0.3, -0.25) is 4.79 Å². The van der Waals surface area contributed by atoms with Crippen molar-refractivity contribution >= 4 is 5.91 Å². The summed E-state index contributed by atoms with van der Waals surface area (Å²) in [6, 6.07) is 1.48. The van der Waals surface area contributed by atoms with Gasteiger partial charge in [-0.1, -0.05) is 6.92 Å². The van der Waals surface area contributed by atoms with Crippen LogP contribution in [0.1, 0.15) is 13.8 Å². The zero-order chi connectivity index (χ0) is 11.1. The number of likely N-dealkylation sites (N-methyl/N-ethyl adjacent to an activating group) is 1. The number of hydrogen-bond donors (Lipinski definition) is 2. The van der Waals surface area contributed by atoms with E-state index in [1.165, 1.54) is 0 Å². The predicted octanol–water partition coefficient (Wildman–Crippen LogP) is -0.719. The molecule has 0 aliphatic heterocycles. The van der Waals surface area contributed by atoms with Gasteiger partial charge in [0, 0.05) is 13.1 Å². The summed E-state index contributed by atoms with van der Waals surface area (Å²) in [6.45, 7) is 5.58. The average Bonchev–Trinajstić information content (AvgIpc) is 2.16. The van der Waals surface area contributed by atoms with Gasteiger partial charge in [0.05, 0.1) is 18.0 Å². The van der Waals surface area contributed by atoms with E-state index in [4.69, 9.17) is 16.7 Å². The van der Waals surface area contributed by atoms with Crippen LogP contribution in [0, 0.1) is 17.2 Å². The van der Waals surface area contributed by atoms with Crippen LogP contribution in [0.15, 0.2) is 0 Å². The summed E-state index contributed by atoms with van der Waals surface area (Å²) >= 11 is 0. The fourth-order valence-corrected chi connectivity index (χ4v) is 1.13. The molecule has 0 heterocycles. The topological polar surface area (TPSA) is 96.1 Å². The van der Waals surface area contributed by atoms with Crippen molar-refractivity contribution in [3.05, 3.63) is 0 Å². The highest BCUT2D eigenvalue weighted by Crippen LogP contribution is 1.98. The molecule has 80 valence electrons. The lowest BCUT2D eigenvalue weighted by atomic mass is 10.2. The van der Waals surface area contributed by atoms with Crippen molar-refractivity contribution in [1.29, 1.82) is 5.26 Å². The Morgan fingerprint density at radius 3 is 2.50 bits per heavy atom. The van der Waals surface area contributed by atoms with Gasteiger partial charge >= 0.3 is 0 Å². The van der Waals surface area contributed by atoms with E-state index < -0.39 is 11.9 Å². The third kappa shape index (κ3) is 4.80. The second kappa shape index (κ2) is 6.35. The molecule has 0 bridgehead atoms. The minimum absolute atomic E-state index is 0.0602. The van der Waals surface area contributed by atoms with Crippen molar-refractivity contribution in [2.24, 2.45) is 17.4 Å². The number of nitriles is 1. The number of rotatable bonds is 6. The van der Waals surface area contributed by atoms with Crippen LogP contribution in [-0.4, -0.2) is 36.5 Å². The molecule has 1 amide bonds. The minimum atomic E-state index is -0.652. The normalized spacial score (nSPS) is 14.8. The Bertz CT molecular complexity index is 223. The number of nitrogens with two attached hydrogens (primary N) is 2. The first kappa shape index (κ1) is 12.9. The number of carbonyl (C=O) groups is 1. The highest BCUT2D eigenvalue weighted by atomic mass is 16.1. The van der Waals surface area contributed by atoms with Gasteiger partial charge in [0.25, 0.3) is 0 Å². The largest absolute Gasteiger partial charge is 0.368 e. The number of primary amides is 1. The summed E-state index contributed by atoms with van der Waals surface area (Å²) < 4.78 is 0. The molecule has 0 saturated heterocycles. The summed E-state index contributed by atoms with van der Waals surface area (Å²) in [5.41, 5.74) is 10.6. The Hall–Kier alpha value is -1.12. The molecule has 5 nitrogen and oxygen atoms in total. The zero-order valence-electron chi connectivity index (χ0n) is 8.73. The van der Waals surface area contributed by atoms with Crippen LogP contribution in [0.4, 0.5) is 0 Å². The van der Waals surface area contributed by atoms with Gasteiger partial charge in [-0.05, 0) is 13.5 Å². The van der Waals surface area contributed by atoms with Crippen molar-refractivity contribution in [3.63, 3.8) is 0 Å². The Balaban J connectivity index is 4.04. The molecule has 14 heavy (non-hydrogen) atoms. The lowest BCUT2D eigenvalue weighted by molar-refractivity contribution is -0.119. The van der Waals surface area contributed by atoms with Crippen LogP contribution >= 0.6 is 0 Å². The second-order valence-electron chi connectivity index (χ2n) is 3.39. The van der Waals surface area contributed by atoms with Gasteiger partial charge in [-0.2, -0.15) is 5.26 Å². The molecule has 0 aromatic heterocycles. The highest BCUT2D eigenvalue weighted by molar-refractivity contribution is 5.79. The summed E-state index contributed by atoms with van der Waals surface area (Å²) in [5, 5.41) is 8.62. The van der Waals surface area contributed by atoms with Crippen LogP contribution in [-0.2, 0) is 4.79 Å². The van der Waals surface area contributed by atoms with E-state index in [-0.39, 0.29) is 5.92 Å². The lowest BCUT2D eigenvalue weighted by Gasteiger charge is -2.23.